The maximum atomic E-state index is 11.8. The number of hydrogen-bond acceptors (Lipinski definition) is 3. The first-order valence-electron chi connectivity index (χ1n) is 7.48. The number of ether oxygens (including phenoxy) is 1. The first kappa shape index (κ1) is 17.2. The number of rotatable bonds is 7. The Balaban J connectivity index is 1.70. The van der Waals surface area contributed by atoms with E-state index in [0.717, 1.165) is 17.8 Å². The monoisotopic (exact) mass is 332 g/mol. The summed E-state index contributed by atoms with van der Waals surface area (Å²) in [6, 6.07) is 15.4. The van der Waals surface area contributed by atoms with E-state index >= 15 is 0 Å². The molecular formula is C18H21ClN2O2. The highest BCUT2D eigenvalue weighted by Gasteiger charge is 2.05. The predicted molar refractivity (Wildman–Crippen MR) is 94.4 cm³/mol. The molecule has 0 saturated heterocycles. The number of benzene rings is 2. The molecule has 1 amide bonds. The van der Waals surface area contributed by atoms with Gasteiger partial charge in [0.25, 0.3) is 5.91 Å². The van der Waals surface area contributed by atoms with Crippen molar-refractivity contribution in [1.82, 2.24) is 5.32 Å². The zero-order chi connectivity index (χ0) is 16.7. The Labute approximate surface area is 142 Å². The van der Waals surface area contributed by atoms with Crippen LogP contribution >= 0.6 is 11.6 Å². The molecule has 0 fully saturated rings. The van der Waals surface area contributed by atoms with Crippen molar-refractivity contribution in [1.29, 1.82) is 0 Å². The molecule has 0 radical (unpaired) electrons. The second-order valence-corrected chi connectivity index (χ2v) is 5.71. The molecule has 0 aromatic heterocycles. The Morgan fingerprint density at radius 1 is 1.22 bits per heavy atom. The van der Waals surface area contributed by atoms with E-state index in [1.54, 1.807) is 12.1 Å². The third-order valence-corrected chi connectivity index (χ3v) is 3.89. The number of likely N-dealkylation sites (N-methyl/N-ethyl adjacent to an activating group) is 1. The topological polar surface area (TPSA) is 41.6 Å². The molecule has 2 rings (SSSR count). The van der Waals surface area contributed by atoms with Crippen LogP contribution in [-0.2, 0) is 4.79 Å². The summed E-state index contributed by atoms with van der Waals surface area (Å²) < 4.78 is 5.46. The van der Waals surface area contributed by atoms with Crippen LogP contribution in [0.2, 0.25) is 5.02 Å². The second-order valence-electron chi connectivity index (χ2n) is 5.31. The molecule has 0 heterocycles. The van der Waals surface area contributed by atoms with Gasteiger partial charge in [-0.3, -0.25) is 4.79 Å². The third-order valence-electron chi connectivity index (χ3n) is 3.47. The van der Waals surface area contributed by atoms with Gasteiger partial charge in [-0.1, -0.05) is 29.8 Å². The van der Waals surface area contributed by atoms with Gasteiger partial charge in [0, 0.05) is 30.8 Å². The largest absolute Gasteiger partial charge is 0.484 e. The van der Waals surface area contributed by atoms with Crippen molar-refractivity contribution in [2.45, 2.75) is 6.92 Å². The number of amides is 1. The first-order valence-corrected chi connectivity index (χ1v) is 7.86. The van der Waals surface area contributed by atoms with Crippen LogP contribution in [0.15, 0.2) is 48.5 Å². The smallest absolute Gasteiger partial charge is 0.258 e. The molecule has 122 valence electrons. The zero-order valence-corrected chi connectivity index (χ0v) is 14.1. The molecule has 0 bridgehead atoms. The first-order chi connectivity index (χ1) is 11.1. The lowest BCUT2D eigenvalue weighted by molar-refractivity contribution is -0.123. The SMILES string of the molecule is Cc1cc(OCC(=O)NCCN(C)c2ccccc2)ccc1Cl. The summed E-state index contributed by atoms with van der Waals surface area (Å²) in [5.74, 6) is 0.502. The molecule has 5 heteroatoms. The average molecular weight is 333 g/mol. The van der Waals surface area contributed by atoms with Gasteiger partial charge in [-0.05, 0) is 42.8 Å². The molecule has 0 aliphatic rings. The summed E-state index contributed by atoms with van der Waals surface area (Å²) >= 11 is 5.95. The molecule has 0 aliphatic heterocycles. The lowest BCUT2D eigenvalue weighted by atomic mass is 10.2. The van der Waals surface area contributed by atoms with E-state index in [1.165, 1.54) is 0 Å². The number of anilines is 1. The molecule has 1 N–H and O–H groups in total. The Hall–Kier alpha value is -2.20. The van der Waals surface area contributed by atoms with Gasteiger partial charge in [0.05, 0.1) is 0 Å². The van der Waals surface area contributed by atoms with E-state index in [2.05, 4.69) is 10.2 Å². The lowest BCUT2D eigenvalue weighted by Crippen LogP contribution is -2.35. The summed E-state index contributed by atoms with van der Waals surface area (Å²) in [7, 11) is 1.99. The maximum absolute atomic E-state index is 11.8. The number of carbonyl (C=O) groups is 1. The maximum Gasteiger partial charge on any atom is 0.258 e. The minimum Gasteiger partial charge on any atom is -0.484 e. The van der Waals surface area contributed by atoms with Gasteiger partial charge in [0.2, 0.25) is 0 Å². The van der Waals surface area contributed by atoms with Crippen LogP contribution in [0.4, 0.5) is 5.69 Å². The highest BCUT2D eigenvalue weighted by molar-refractivity contribution is 6.31. The number of halogens is 1. The van der Waals surface area contributed by atoms with Gasteiger partial charge >= 0.3 is 0 Å². The Morgan fingerprint density at radius 3 is 2.65 bits per heavy atom. The van der Waals surface area contributed by atoms with Crippen LogP contribution in [0, 0.1) is 6.92 Å². The minimum absolute atomic E-state index is 0.00385. The van der Waals surface area contributed by atoms with Crippen LogP contribution < -0.4 is 15.0 Å². The molecule has 4 nitrogen and oxygen atoms in total. The van der Waals surface area contributed by atoms with Crippen molar-refractivity contribution < 1.29 is 9.53 Å². The summed E-state index contributed by atoms with van der Waals surface area (Å²) in [6.07, 6.45) is 0. The number of para-hydroxylation sites is 1. The fraction of sp³-hybridized carbons (Fsp3) is 0.278. The van der Waals surface area contributed by atoms with E-state index in [1.807, 2.05) is 50.4 Å². The number of nitrogens with one attached hydrogen (secondary N) is 1. The summed E-state index contributed by atoms with van der Waals surface area (Å²) in [5.41, 5.74) is 2.05. The molecule has 0 spiro atoms. The second kappa shape index (κ2) is 8.44. The predicted octanol–water partition coefficient (Wildman–Crippen LogP) is 3.28. The van der Waals surface area contributed by atoms with Crippen molar-refractivity contribution >= 4 is 23.2 Å². The molecule has 0 unspecified atom stereocenters. The Kier molecular flexibility index (Phi) is 6.29. The number of aryl methyl sites for hydroxylation is 1. The van der Waals surface area contributed by atoms with E-state index < -0.39 is 0 Å². The molecule has 23 heavy (non-hydrogen) atoms. The van der Waals surface area contributed by atoms with Gasteiger partial charge in [0.1, 0.15) is 5.75 Å². The van der Waals surface area contributed by atoms with E-state index in [0.29, 0.717) is 17.3 Å². The molecular weight excluding hydrogens is 312 g/mol. The number of hydrogen-bond donors (Lipinski definition) is 1. The van der Waals surface area contributed by atoms with E-state index in [4.69, 9.17) is 16.3 Å². The van der Waals surface area contributed by atoms with Crippen molar-refractivity contribution in [2.24, 2.45) is 0 Å². The van der Waals surface area contributed by atoms with Crippen molar-refractivity contribution in [3.05, 3.63) is 59.1 Å². The lowest BCUT2D eigenvalue weighted by Gasteiger charge is -2.19. The molecule has 2 aromatic carbocycles. The standard InChI is InChI=1S/C18H21ClN2O2/c1-14-12-16(8-9-17(14)19)23-13-18(22)20-10-11-21(2)15-6-4-3-5-7-15/h3-9,12H,10-11,13H2,1-2H3,(H,20,22). The van der Waals surface area contributed by atoms with Crippen LogP contribution in [0.1, 0.15) is 5.56 Å². The van der Waals surface area contributed by atoms with Gasteiger partial charge in [-0.15, -0.1) is 0 Å². The van der Waals surface area contributed by atoms with Crippen LogP contribution in [0.25, 0.3) is 0 Å². The van der Waals surface area contributed by atoms with Crippen LogP contribution in [0.5, 0.6) is 5.75 Å². The summed E-state index contributed by atoms with van der Waals surface area (Å²) in [4.78, 5) is 13.9. The normalized spacial score (nSPS) is 10.2. The van der Waals surface area contributed by atoms with Gasteiger partial charge in [-0.25, -0.2) is 0 Å². The third kappa shape index (κ3) is 5.49. The van der Waals surface area contributed by atoms with Gasteiger partial charge < -0.3 is 15.0 Å². The molecule has 0 saturated carbocycles. The average Bonchev–Trinajstić information content (AvgIpc) is 2.56. The van der Waals surface area contributed by atoms with Gasteiger partial charge in [0.15, 0.2) is 6.61 Å². The minimum atomic E-state index is -0.140. The highest BCUT2D eigenvalue weighted by Crippen LogP contribution is 2.20. The number of carbonyl (C=O) groups excluding carboxylic acids is 1. The number of nitrogens with zero attached hydrogens (tertiary/aromatic N) is 1. The fourth-order valence-corrected chi connectivity index (χ4v) is 2.20. The molecule has 0 aliphatic carbocycles. The van der Waals surface area contributed by atoms with Gasteiger partial charge in [-0.2, -0.15) is 0 Å². The zero-order valence-electron chi connectivity index (χ0n) is 13.4. The quantitative estimate of drug-likeness (QED) is 0.846. The Morgan fingerprint density at radius 2 is 1.96 bits per heavy atom. The van der Waals surface area contributed by atoms with Crippen LogP contribution in [0.3, 0.4) is 0 Å². The summed E-state index contributed by atoms with van der Waals surface area (Å²) in [5, 5.41) is 3.53. The van der Waals surface area contributed by atoms with Crippen molar-refractivity contribution in [3.8, 4) is 5.75 Å². The molecule has 0 atom stereocenters. The van der Waals surface area contributed by atoms with E-state index in [-0.39, 0.29) is 12.5 Å². The fourth-order valence-electron chi connectivity index (χ4n) is 2.08. The van der Waals surface area contributed by atoms with Crippen molar-refractivity contribution in [3.63, 3.8) is 0 Å². The highest BCUT2D eigenvalue weighted by atomic mass is 35.5. The van der Waals surface area contributed by atoms with E-state index in [9.17, 15) is 4.79 Å². The van der Waals surface area contributed by atoms with Crippen molar-refractivity contribution in [2.75, 3.05) is 31.6 Å². The molecule has 2 aromatic rings. The summed E-state index contributed by atoms with van der Waals surface area (Å²) in [6.45, 7) is 3.19. The van der Waals surface area contributed by atoms with Crippen LogP contribution in [-0.4, -0.2) is 32.7 Å². The Bertz CT molecular complexity index is 647.